The summed E-state index contributed by atoms with van der Waals surface area (Å²) in [5.74, 6) is 0.148. The van der Waals surface area contributed by atoms with E-state index in [0.29, 0.717) is 12.4 Å². The maximum Gasteiger partial charge on any atom is 0.271 e. The third-order valence-corrected chi connectivity index (χ3v) is 3.07. The predicted molar refractivity (Wildman–Crippen MR) is 90.4 cm³/mol. The highest BCUT2D eigenvalue weighted by Crippen LogP contribution is 2.16. The molecule has 2 aromatic carbocycles. The summed E-state index contributed by atoms with van der Waals surface area (Å²) in [5, 5.41) is 14.6. The number of nitro groups is 1. The van der Waals surface area contributed by atoms with E-state index in [2.05, 4.69) is 10.5 Å². The molecule has 2 rings (SSSR count). The SMILES string of the molecule is CCCOc1ccccc1/C=N\NC(=O)c1cccc([N+](=O)[O-])c1. The molecular formula is C17H17N3O4. The summed E-state index contributed by atoms with van der Waals surface area (Å²) in [7, 11) is 0. The Morgan fingerprint density at radius 3 is 2.83 bits per heavy atom. The number of benzene rings is 2. The lowest BCUT2D eigenvalue weighted by molar-refractivity contribution is -0.384. The average Bonchev–Trinajstić information content (AvgIpc) is 2.60. The second kappa shape index (κ2) is 8.42. The third-order valence-electron chi connectivity index (χ3n) is 3.07. The van der Waals surface area contributed by atoms with Crippen LogP contribution in [0, 0.1) is 10.1 Å². The Morgan fingerprint density at radius 2 is 2.08 bits per heavy atom. The minimum atomic E-state index is -0.554. The van der Waals surface area contributed by atoms with Crippen LogP contribution in [0.2, 0.25) is 0 Å². The number of nitro benzene ring substituents is 1. The number of rotatable bonds is 7. The zero-order chi connectivity index (χ0) is 17.4. The number of nitrogens with zero attached hydrogens (tertiary/aromatic N) is 2. The van der Waals surface area contributed by atoms with Crippen LogP contribution < -0.4 is 10.2 Å². The highest BCUT2D eigenvalue weighted by Gasteiger charge is 2.10. The quantitative estimate of drug-likeness (QED) is 0.480. The molecule has 1 N–H and O–H groups in total. The van der Waals surface area contributed by atoms with E-state index in [1.54, 1.807) is 0 Å². The lowest BCUT2D eigenvalue weighted by Gasteiger charge is -2.07. The van der Waals surface area contributed by atoms with Crippen LogP contribution in [-0.4, -0.2) is 23.7 Å². The van der Waals surface area contributed by atoms with Gasteiger partial charge in [0.1, 0.15) is 5.75 Å². The normalized spacial score (nSPS) is 10.5. The van der Waals surface area contributed by atoms with Gasteiger partial charge >= 0.3 is 0 Å². The molecule has 7 heteroatoms. The molecule has 7 nitrogen and oxygen atoms in total. The first-order valence-electron chi connectivity index (χ1n) is 7.41. The number of non-ortho nitro benzene ring substituents is 1. The third kappa shape index (κ3) is 4.64. The average molecular weight is 327 g/mol. The predicted octanol–water partition coefficient (Wildman–Crippen LogP) is 3.15. The van der Waals surface area contributed by atoms with Gasteiger partial charge in [0, 0.05) is 23.3 Å². The molecule has 0 unspecified atom stereocenters. The lowest BCUT2D eigenvalue weighted by atomic mass is 10.2. The zero-order valence-electron chi connectivity index (χ0n) is 13.1. The number of carbonyl (C=O) groups is 1. The van der Waals surface area contributed by atoms with E-state index in [9.17, 15) is 14.9 Å². The van der Waals surface area contributed by atoms with Crippen LogP contribution in [-0.2, 0) is 0 Å². The highest BCUT2D eigenvalue weighted by atomic mass is 16.6. The number of hydrazone groups is 1. The molecule has 0 atom stereocenters. The first-order chi connectivity index (χ1) is 11.6. The second-order valence-corrected chi connectivity index (χ2v) is 4.89. The van der Waals surface area contributed by atoms with Crippen LogP contribution >= 0.6 is 0 Å². The lowest BCUT2D eigenvalue weighted by Crippen LogP contribution is -2.17. The number of nitrogens with one attached hydrogen (secondary N) is 1. The Kier molecular flexibility index (Phi) is 6.01. The van der Waals surface area contributed by atoms with Crippen molar-refractivity contribution in [2.45, 2.75) is 13.3 Å². The summed E-state index contributed by atoms with van der Waals surface area (Å²) in [6, 6.07) is 12.8. The summed E-state index contributed by atoms with van der Waals surface area (Å²) in [6.45, 7) is 2.60. The summed E-state index contributed by atoms with van der Waals surface area (Å²) in [4.78, 5) is 22.2. The van der Waals surface area contributed by atoms with Gasteiger partial charge in [-0.25, -0.2) is 5.43 Å². The number of hydrogen-bond donors (Lipinski definition) is 1. The number of amides is 1. The number of hydrogen-bond acceptors (Lipinski definition) is 5. The monoisotopic (exact) mass is 327 g/mol. The van der Waals surface area contributed by atoms with Gasteiger partial charge in [0.2, 0.25) is 0 Å². The molecular weight excluding hydrogens is 310 g/mol. The van der Waals surface area contributed by atoms with Crippen LogP contribution in [0.25, 0.3) is 0 Å². The molecule has 0 bridgehead atoms. The minimum Gasteiger partial charge on any atom is -0.493 e. The Balaban J connectivity index is 2.05. The van der Waals surface area contributed by atoms with Gasteiger partial charge in [0.15, 0.2) is 0 Å². The molecule has 24 heavy (non-hydrogen) atoms. The van der Waals surface area contributed by atoms with E-state index in [-0.39, 0.29) is 11.3 Å². The molecule has 0 saturated heterocycles. The van der Waals surface area contributed by atoms with E-state index in [0.717, 1.165) is 12.0 Å². The summed E-state index contributed by atoms with van der Waals surface area (Å²) < 4.78 is 5.59. The van der Waals surface area contributed by atoms with E-state index in [1.165, 1.54) is 30.5 Å². The summed E-state index contributed by atoms with van der Waals surface area (Å²) in [5.41, 5.74) is 3.09. The van der Waals surface area contributed by atoms with E-state index in [4.69, 9.17) is 4.74 Å². The van der Waals surface area contributed by atoms with Crippen LogP contribution in [0.1, 0.15) is 29.3 Å². The van der Waals surface area contributed by atoms with Crippen molar-refractivity contribution in [1.29, 1.82) is 0 Å². The van der Waals surface area contributed by atoms with Crippen molar-refractivity contribution in [2.75, 3.05) is 6.61 Å². The van der Waals surface area contributed by atoms with Crippen LogP contribution in [0.15, 0.2) is 53.6 Å². The fourth-order valence-electron chi connectivity index (χ4n) is 1.92. The van der Waals surface area contributed by atoms with Gasteiger partial charge in [-0.3, -0.25) is 14.9 Å². The van der Waals surface area contributed by atoms with Crippen molar-refractivity contribution in [3.8, 4) is 5.75 Å². The molecule has 0 fully saturated rings. The minimum absolute atomic E-state index is 0.148. The van der Waals surface area contributed by atoms with Crippen molar-refractivity contribution in [3.63, 3.8) is 0 Å². The van der Waals surface area contributed by atoms with Crippen molar-refractivity contribution in [2.24, 2.45) is 5.10 Å². The van der Waals surface area contributed by atoms with Crippen LogP contribution in [0.4, 0.5) is 5.69 Å². The topological polar surface area (TPSA) is 93.8 Å². The Morgan fingerprint density at radius 1 is 1.29 bits per heavy atom. The summed E-state index contributed by atoms with van der Waals surface area (Å²) in [6.07, 6.45) is 2.36. The van der Waals surface area contributed by atoms with E-state index < -0.39 is 10.8 Å². The van der Waals surface area contributed by atoms with Gasteiger partial charge in [-0.1, -0.05) is 25.1 Å². The maximum atomic E-state index is 12.0. The number of ether oxygens (including phenoxy) is 1. The second-order valence-electron chi connectivity index (χ2n) is 4.89. The van der Waals surface area contributed by atoms with Crippen molar-refractivity contribution in [1.82, 2.24) is 5.43 Å². The van der Waals surface area contributed by atoms with Gasteiger partial charge in [0.25, 0.3) is 11.6 Å². The first-order valence-corrected chi connectivity index (χ1v) is 7.41. The Bertz CT molecular complexity index is 759. The standard InChI is InChI=1S/C17H17N3O4/c1-2-10-24-16-9-4-3-6-14(16)12-18-19-17(21)13-7-5-8-15(11-13)20(22)23/h3-9,11-12H,2,10H2,1H3,(H,19,21)/b18-12-. The summed E-state index contributed by atoms with van der Waals surface area (Å²) >= 11 is 0. The number of para-hydroxylation sites is 1. The van der Waals surface area contributed by atoms with E-state index >= 15 is 0 Å². The molecule has 2 aromatic rings. The van der Waals surface area contributed by atoms with Crippen LogP contribution in [0.5, 0.6) is 5.75 Å². The Labute approximate surface area is 139 Å². The maximum absolute atomic E-state index is 12.0. The first kappa shape index (κ1) is 17.1. The molecule has 1 amide bonds. The van der Waals surface area contributed by atoms with Crippen LogP contribution in [0.3, 0.4) is 0 Å². The van der Waals surface area contributed by atoms with Crippen molar-refractivity contribution < 1.29 is 14.5 Å². The highest BCUT2D eigenvalue weighted by molar-refractivity contribution is 5.95. The molecule has 124 valence electrons. The van der Waals surface area contributed by atoms with Gasteiger partial charge in [-0.05, 0) is 24.6 Å². The molecule has 0 radical (unpaired) electrons. The van der Waals surface area contributed by atoms with E-state index in [1.807, 2.05) is 31.2 Å². The van der Waals surface area contributed by atoms with Gasteiger partial charge in [0.05, 0.1) is 17.7 Å². The molecule has 0 heterocycles. The van der Waals surface area contributed by atoms with Gasteiger partial charge < -0.3 is 4.74 Å². The van der Waals surface area contributed by atoms with Crippen molar-refractivity contribution >= 4 is 17.8 Å². The molecule has 0 aliphatic heterocycles. The molecule has 0 aliphatic rings. The largest absolute Gasteiger partial charge is 0.493 e. The van der Waals surface area contributed by atoms with Gasteiger partial charge in [-0.2, -0.15) is 5.10 Å². The molecule has 0 saturated carbocycles. The van der Waals surface area contributed by atoms with Gasteiger partial charge in [-0.15, -0.1) is 0 Å². The zero-order valence-corrected chi connectivity index (χ0v) is 13.1. The molecule has 0 aromatic heterocycles. The molecule has 0 spiro atoms. The van der Waals surface area contributed by atoms with Crippen molar-refractivity contribution in [3.05, 3.63) is 69.8 Å². The molecule has 0 aliphatic carbocycles. The smallest absolute Gasteiger partial charge is 0.271 e. The fourth-order valence-corrected chi connectivity index (χ4v) is 1.92. The number of carbonyl (C=O) groups excluding carboxylic acids is 1. The fraction of sp³-hybridized carbons (Fsp3) is 0.176. The Hall–Kier alpha value is -3.22.